The van der Waals surface area contributed by atoms with Gasteiger partial charge in [-0.05, 0) is 23.8 Å². The number of quaternary nitrogens is 1. The molecule has 1 heterocycles. The SMILES string of the molecule is COc1ccc(-c2c(C(F)(F)F)oc3c(C[NH+](C)Cc4ccccc4)c([O-])ccc3c2=O)cc1OC. The summed E-state index contributed by atoms with van der Waals surface area (Å²) in [5, 5.41) is 12.6. The van der Waals surface area contributed by atoms with Crippen LogP contribution < -0.4 is 24.9 Å². The average molecular weight is 499 g/mol. The normalized spacial score (nSPS) is 12.5. The zero-order valence-corrected chi connectivity index (χ0v) is 19.9. The van der Waals surface area contributed by atoms with Crippen molar-refractivity contribution in [3.63, 3.8) is 0 Å². The highest BCUT2D eigenvalue weighted by molar-refractivity contribution is 5.87. The van der Waals surface area contributed by atoms with E-state index in [1.165, 1.54) is 44.6 Å². The molecule has 0 spiro atoms. The molecule has 0 radical (unpaired) electrons. The molecule has 0 amide bonds. The lowest BCUT2D eigenvalue weighted by Crippen LogP contribution is -3.06. The topological polar surface area (TPSA) is 76.2 Å². The summed E-state index contributed by atoms with van der Waals surface area (Å²) in [7, 11) is 4.54. The highest BCUT2D eigenvalue weighted by Gasteiger charge is 2.40. The van der Waals surface area contributed by atoms with Crippen LogP contribution in [-0.2, 0) is 19.3 Å². The van der Waals surface area contributed by atoms with Gasteiger partial charge in [0.05, 0.1) is 32.2 Å². The van der Waals surface area contributed by atoms with Crippen molar-refractivity contribution in [3.8, 4) is 28.4 Å². The first kappa shape index (κ1) is 25.1. The lowest BCUT2D eigenvalue weighted by molar-refractivity contribution is -0.907. The van der Waals surface area contributed by atoms with Gasteiger partial charge in [-0.3, -0.25) is 4.79 Å². The van der Waals surface area contributed by atoms with Crippen molar-refractivity contribution in [1.82, 2.24) is 0 Å². The fourth-order valence-corrected chi connectivity index (χ4v) is 4.23. The Kier molecular flexibility index (Phi) is 6.94. The molecule has 0 aliphatic carbocycles. The van der Waals surface area contributed by atoms with Crippen molar-refractivity contribution >= 4 is 11.0 Å². The van der Waals surface area contributed by atoms with E-state index >= 15 is 0 Å². The summed E-state index contributed by atoms with van der Waals surface area (Å²) in [5.41, 5.74) is -0.937. The van der Waals surface area contributed by atoms with Crippen molar-refractivity contribution in [2.75, 3.05) is 21.3 Å². The smallest absolute Gasteiger partial charge is 0.450 e. The van der Waals surface area contributed by atoms with Gasteiger partial charge < -0.3 is 23.9 Å². The summed E-state index contributed by atoms with van der Waals surface area (Å²) < 4.78 is 58.3. The molecule has 4 aromatic rings. The van der Waals surface area contributed by atoms with Gasteiger partial charge in [-0.2, -0.15) is 13.2 Å². The van der Waals surface area contributed by atoms with Crippen molar-refractivity contribution in [3.05, 3.63) is 87.8 Å². The second-order valence-corrected chi connectivity index (χ2v) is 8.42. The van der Waals surface area contributed by atoms with Gasteiger partial charge in [0.15, 0.2) is 11.5 Å². The van der Waals surface area contributed by atoms with Gasteiger partial charge in [0, 0.05) is 11.1 Å². The van der Waals surface area contributed by atoms with Crippen LogP contribution in [0.15, 0.2) is 69.9 Å². The number of hydrogen-bond acceptors (Lipinski definition) is 5. The Hall–Kier alpha value is -3.98. The lowest BCUT2D eigenvalue weighted by Gasteiger charge is -2.21. The predicted molar refractivity (Wildman–Crippen MR) is 126 cm³/mol. The Morgan fingerprint density at radius 3 is 2.28 bits per heavy atom. The van der Waals surface area contributed by atoms with Gasteiger partial charge in [0.2, 0.25) is 11.2 Å². The van der Waals surface area contributed by atoms with Crippen LogP contribution in [0.3, 0.4) is 0 Å². The largest absolute Gasteiger partial charge is 0.872 e. The molecule has 9 heteroatoms. The molecule has 1 atom stereocenters. The lowest BCUT2D eigenvalue weighted by atomic mass is 9.99. The maximum Gasteiger partial charge on any atom is 0.450 e. The molecule has 188 valence electrons. The van der Waals surface area contributed by atoms with E-state index in [9.17, 15) is 23.1 Å². The third kappa shape index (κ3) is 4.87. The molecule has 0 aliphatic heterocycles. The van der Waals surface area contributed by atoms with Crippen LogP contribution in [0.5, 0.6) is 17.2 Å². The zero-order valence-electron chi connectivity index (χ0n) is 19.9. The Labute approximate surface area is 205 Å². The Balaban J connectivity index is 1.89. The maximum atomic E-state index is 14.2. The van der Waals surface area contributed by atoms with Crippen LogP contribution in [0.25, 0.3) is 22.1 Å². The van der Waals surface area contributed by atoms with E-state index in [1.54, 1.807) is 0 Å². The minimum absolute atomic E-state index is 0.0161. The second kappa shape index (κ2) is 9.94. The van der Waals surface area contributed by atoms with E-state index in [4.69, 9.17) is 13.9 Å². The number of fused-ring (bicyclic) bond motifs is 1. The van der Waals surface area contributed by atoms with E-state index in [0.29, 0.717) is 12.3 Å². The van der Waals surface area contributed by atoms with Crippen LogP contribution in [0, 0.1) is 0 Å². The number of nitrogens with one attached hydrogen (secondary N) is 1. The summed E-state index contributed by atoms with van der Waals surface area (Å²) in [6, 6.07) is 15.9. The first-order valence-electron chi connectivity index (χ1n) is 11.1. The highest BCUT2D eigenvalue weighted by Crippen LogP contribution is 2.40. The summed E-state index contributed by atoms with van der Waals surface area (Å²) in [5.74, 6) is -1.52. The van der Waals surface area contributed by atoms with Gasteiger partial charge in [-0.25, -0.2) is 0 Å². The molecule has 1 N–H and O–H groups in total. The van der Waals surface area contributed by atoms with Gasteiger partial charge in [-0.15, -0.1) is 0 Å². The van der Waals surface area contributed by atoms with Crippen molar-refractivity contribution in [2.45, 2.75) is 19.3 Å². The number of hydrogen-bond donors (Lipinski definition) is 1. The maximum absolute atomic E-state index is 14.2. The number of methoxy groups -OCH3 is 2. The van der Waals surface area contributed by atoms with E-state index in [2.05, 4.69) is 0 Å². The van der Waals surface area contributed by atoms with Crippen LogP contribution in [0.1, 0.15) is 16.9 Å². The molecule has 0 fully saturated rings. The van der Waals surface area contributed by atoms with Crippen molar-refractivity contribution < 1.29 is 37.1 Å². The zero-order chi connectivity index (χ0) is 26.0. The molecule has 1 aromatic heterocycles. The van der Waals surface area contributed by atoms with Crippen molar-refractivity contribution in [2.24, 2.45) is 0 Å². The predicted octanol–water partition coefficient (Wildman–Crippen LogP) is 3.78. The van der Waals surface area contributed by atoms with Gasteiger partial charge in [0.1, 0.15) is 18.7 Å². The highest BCUT2D eigenvalue weighted by atomic mass is 19.4. The minimum Gasteiger partial charge on any atom is -0.872 e. The molecule has 3 aromatic carbocycles. The number of rotatable bonds is 7. The fourth-order valence-electron chi connectivity index (χ4n) is 4.23. The fraction of sp³-hybridized carbons (Fsp3) is 0.222. The number of halogens is 3. The molecule has 0 saturated carbocycles. The number of alkyl halides is 3. The minimum atomic E-state index is -4.99. The third-order valence-electron chi connectivity index (χ3n) is 5.88. The second-order valence-electron chi connectivity index (χ2n) is 8.42. The van der Waals surface area contributed by atoms with Gasteiger partial charge in [0.25, 0.3) is 0 Å². The molecule has 36 heavy (non-hydrogen) atoms. The summed E-state index contributed by atoms with van der Waals surface area (Å²) in [6.07, 6.45) is -4.99. The van der Waals surface area contributed by atoms with Crippen LogP contribution >= 0.6 is 0 Å². The summed E-state index contributed by atoms with van der Waals surface area (Å²) in [6.45, 7) is 0.595. The van der Waals surface area contributed by atoms with Crippen molar-refractivity contribution in [1.29, 1.82) is 0 Å². The molecule has 0 aliphatic rings. The van der Waals surface area contributed by atoms with E-state index in [1.807, 2.05) is 37.4 Å². The monoisotopic (exact) mass is 499 g/mol. The van der Waals surface area contributed by atoms with Gasteiger partial charge >= 0.3 is 6.18 Å². The molecule has 6 nitrogen and oxygen atoms in total. The molecular formula is C27H24F3NO5. The summed E-state index contributed by atoms with van der Waals surface area (Å²) in [4.78, 5) is 14.3. The Bertz CT molecular complexity index is 1450. The van der Waals surface area contributed by atoms with E-state index < -0.39 is 28.7 Å². The van der Waals surface area contributed by atoms with E-state index in [-0.39, 0.29) is 34.4 Å². The van der Waals surface area contributed by atoms with Gasteiger partial charge in [-0.1, -0.05) is 48.2 Å². The first-order chi connectivity index (χ1) is 17.1. The van der Waals surface area contributed by atoms with Crippen LogP contribution in [0.2, 0.25) is 0 Å². The quantitative estimate of drug-likeness (QED) is 0.419. The molecule has 1 unspecified atom stereocenters. The van der Waals surface area contributed by atoms with E-state index in [0.717, 1.165) is 10.5 Å². The molecular weight excluding hydrogens is 475 g/mol. The van der Waals surface area contributed by atoms with Crippen LogP contribution in [-0.4, -0.2) is 21.3 Å². The molecule has 0 saturated heterocycles. The Morgan fingerprint density at radius 2 is 1.64 bits per heavy atom. The average Bonchev–Trinajstić information content (AvgIpc) is 2.85. The molecule has 4 rings (SSSR count). The number of benzene rings is 3. The van der Waals surface area contributed by atoms with Crippen LogP contribution in [0.4, 0.5) is 13.2 Å². The summed E-state index contributed by atoms with van der Waals surface area (Å²) >= 11 is 0. The standard InChI is InChI=1S/C27H24F3NO5/c1-31(14-16-7-5-4-6-8-16)15-19-20(32)11-10-18-24(33)23(26(27(28,29)30)36-25(18)19)17-9-12-21(34-2)22(13-17)35-3/h4-13,32H,14-15H2,1-3H3. The third-order valence-corrected chi connectivity index (χ3v) is 5.88. The number of ether oxygens (including phenoxy) is 2. The first-order valence-corrected chi connectivity index (χ1v) is 11.1. The molecule has 0 bridgehead atoms. The Morgan fingerprint density at radius 1 is 0.944 bits per heavy atom.